The van der Waals surface area contributed by atoms with Gasteiger partial charge in [-0.15, -0.1) is 0 Å². The van der Waals surface area contributed by atoms with Crippen LogP contribution in [0.1, 0.15) is 19.8 Å². The maximum atomic E-state index is 12.6. The molecular formula is C16H34O3Si4. The molecular weight excluding hydrogens is 353 g/mol. The van der Waals surface area contributed by atoms with Crippen molar-refractivity contribution in [1.29, 1.82) is 0 Å². The van der Waals surface area contributed by atoms with Crippen molar-refractivity contribution in [3.05, 3.63) is 12.2 Å². The molecule has 0 aromatic carbocycles. The average Bonchev–Trinajstić information content (AvgIpc) is 2.96. The lowest BCUT2D eigenvalue weighted by Crippen LogP contribution is -2.59. The van der Waals surface area contributed by atoms with Gasteiger partial charge in [-0.05, 0) is 70.0 Å². The molecule has 1 saturated carbocycles. The highest BCUT2D eigenvalue weighted by atomic mass is 28.5. The molecule has 23 heavy (non-hydrogen) atoms. The quantitative estimate of drug-likeness (QED) is 0.431. The van der Waals surface area contributed by atoms with Crippen molar-refractivity contribution in [1.82, 2.24) is 0 Å². The van der Waals surface area contributed by atoms with Crippen molar-refractivity contribution in [2.45, 2.75) is 76.3 Å². The molecule has 0 radical (unpaired) electrons. The van der Waals surface area contributed by atoms with Crippen molar-refractivity contribution in [3.63, 3.8) is 0 Å². The first-order chi connectivity index (χ1) is 10.4. The molecule has 132 valence electrons. The first-order valence-corrected chi connectivity index (χ1v) is 19.8. The smallest absolute Gasteiger partial charge is 0.325 e. The summed E-state index contributed by atoms with van der Waals surface area (Å²) >= 11 is 0. The van der Waals surface area contributed by atoms with Gasteiger partial charge in [0.2, 0.25) is 0 Å². The van der Waals surface area contributed by atoms with Crippen molar-refractivity contribution >= 4 is 33.9 Å². The standard InChI is InChI=1S/C16H34O3Si4/c1-8-20(17)13-23(18-21(2,3)4,19-22(5,6)7)16-12-14-9-10-15(16)11-14/h9-10,14-16H,8,11-13H2,1-7H3. The van der Waals surface area contributed by atoms with E-state index >= 15 is 0 Å². The monoisotopic (exact) mass is 386 g/mol. The topological polar surface area (TPSA) is 35.5 Å². The summed E-state index contributed by atoms with van der Waals surface area (Å²) in [5.74, 6) is 1.31. The molecule has 0 aromatic heterocycles. The fourth-order valence-electron chi connectivity index (χ4n) is 4.10. The summed E-state index contributed by atoms with van der Waals surface area (Å²) in [5, 5.41) is 0. The Labute approximate surface area is 147 Å². The largest absolute Gasteiger partial charge is 0.436 e. The molecule has 2 rings (SSSR count). The number of hydrogen-bond donors (Lipinski definition) is 0. The Kier molecular flexibility index (Phi) is 5.91. The van der Waals surface area contributed by atoms with Gasteiger partial charge in [0.1, 0.15) is 0 Å². The van der Waals surface area contributed by atoms with Crippen LogP contribution < -0.4 is 0 Å². The van der Waals surface area contributed by atoms with Gasteiger partial charge in [0.25, 0.3) is 8.68 Å². The highest BCUT2D eigenvalue weighted by molar-refractivity contribution is 6.92. The second-order valence-electron chi connectivity index (χ2n) is 9.20. The minimum atomic E-state index is -2.47. The van der Waals surface area contributed by atoms with E-state index in [1.807, 2.05) is 6.92 Å². The molecule has 0 heterocycles. The minimum absolute atomic E-state index is 0.511. The summed E-state index contributed by atoms with van der Waals surface area (Å²) in [6.45, 7) is 15.6. The van der Waals surface area contributed by atoms with E-state index in [1.54, 1.807) is 0 Å². The third-order valence-corrected chi connectivity index (χ3v) is 18.4. The maximum Gasteiger partial charge on any atom is 0.325 e. The lowest BCUT2D eigenvalue weighted by atomic mass is 10.1. The van der Waals surface area contributed by atoms with Crippen LogP contribution in [0.25, 0.3) is 0 Å². The Morgan fingerprint density at radius 1 is 1.00 bits per heavy atom. The zero-order valence-electron chi connectivity index (χ0n) is 15.9. The van der Waals surface area contributed by atoms with Crippen LogP contribution in [0.15, 0.2) is 12.2 Å². The Bertz CT molecular complexity index is 463. The van der Waals surface area contributed by atoms with Crippen LogP contribution in [0.3, 0.4) is 0 Å². The predicted octanol–water partition coefficient (Wildman–Crippen LogP) is 5.08. The summed E-state index contributed by atoms with van der Waals surface area (Å²) in [4.78, 5) is 0. The Morgan fingerprint density at radius 3 is 1.91 bits per heavy atom. The van der Waals surface area contributed by atoms with Gasteiger partial charge in [0.05, 0.1) is 0 Å². The van der Waals surface area contributed by atoms with Crippen LogP contribution in [-0.2, 0) is 12.7 Å². The predicted molar refractivity (Wildman–Crippen MR) is 105 cm³/mol. The molecule has 3 atom stereocenters. The Hall–Kier alpha value is 0.328. The lowest BCUT2D eigenvalue weighted by molar-refractivity contribution is 0.345. The second-order valence-corrected chi connectivity index (χ2v) is 24.8. The van der Waals surface area contributed by atoms with Gasteiger partial charge >= 0.3 is 8.56 Å². The first kappa shape index (κ1) is 19.6. The summed E-state index contributed by atoms with van der Waals surface area (Å²) in [5.41, 5.74) is 1.25. The van der Waals surface area contributed by atoms with Gasteiger partial charge in [-0.3, -0.25) is 0 Å². The van der Waals surface area contributed by atoms with Crippen molar-refractivity contribution in [3.8, 4) is 0 Å². The molecule has 1 fully saturated rings. The molecule has 7 heteroatoms. The summed E-state index contributed by atoms with van der Waals surface area (Å²) in [7, 11) is -7.57. The molecule has 0 saturated heterocycles. The third-order valence-electron chi connectivity index (χ3n) is 4.64. The number of allylic oxidation sites excluding steroid dienone is 2. The summed E-state index contributed by atoms with van der Waals surface area (Å²) in [6.07, 6.45) is 7.23. The van der Waals surface area contributed by atoms with Crippen LogP contribution in [0.2, 0.25) is 56.5 Å². The zero-order chi connectivity index (χ0) is 17.5. The van der Waals surface area contributed by atoms with Crippen LogP contribution in [-0.4, -0.2) is 33.9 Å². The normalized spacial score (nSPS) is 27.7. The molecule has 2 bridgehead atoms. The van der Waals surface area contributed by atoms with Crippen molar-refractivity contribution in [2.75, 3.05) is 0 Å². The van der Waals surface area contributed by atoms with E-state index in [0.717, 1.165) is 11.7 Å². The average molecular weight is 387 g/mol. The number of hydrogen-bond acceptors (Lipinski definition) is 3. The first-order valence-electron chi connectivity index (χ1n) is 9.04. The molecule has 0 N–H and O–H groups in total. The molecule has 3 nitrogen and oxygen atoms in total. The Balaban J connectivity index is 2.39. The van der Waals surface area contributed by atoms with Gasteiger partial charge in [-0.1, -0.05) is 19.1 Å². The van der Waals surface area contributed by atoms with Gasteiger partial charge in [-0.2, -0.15) is 0 Å². The van der Waals surface area contributed by atoms with Crippen LogP contribution in [0.5, 0.6) is 0 Å². The van der Waals surface area contributed by atoms with Gasteiger partial charge in [-0.25, -0.2) is 0 Å². The van der Waals surface area contributed by atoms with E-state index in [9.17, 15) is 4.46 Å². The minimum Gasteiger partial charge on any atom is -0.436 e. The van der Waals surface area contributed by atoms with E-state index in [4.69, 9.17) is 8.23 Å². The molecule has 2 aliphatic rings. The van der Waals surface area contributed by atoms with E-state index in [2.05, 4.69) is 51.4 Å². The van der Waals surface area contributed by atoms with Crippen molar-refractivity contribution in [2.24, 2.45) is 11.8 Å². The van der Waals surface area contributed by atoms with E-state index in [0.29, 0.717) is 17.4 Å². The van der Waals surface area contributed by atoms with Crippen LogP contribution in [0, 0.1) is 11.8 Å². The summed E-state index contributed by atoms with van der Waals surface area (Å²) < 4.78 is 26.4. The van der Waals surface area contributed by atoms with E-state index < -0.39 is 33.9 Å². The highest BCUT2D eigenvalue weighted by Gasteiger charge is 2.57. The third kappa shape index (κ3) is 5.15. The van der Waals surface area contributed by atoms with Gasteiger partial charge < -0.3 is 12.7 Å². The fourth-order valence-corrected chi connectivity index (χ4v) is 21.8. The van der Waals surface area contributed by atoms with Crippen molar-refractivity contribution < 1.29 is 12.7 Å². The molecule has 2 aliphatic carbocycles. The van der Waals surface area contributed by atoms with E-state index in [-0.39, 0.29) is 0 Å². The molecule has 0 amide bonds. The van der Waals surface area contributed by atoms with E-state index in [1.165, 1.54) is 12.8 Å². The highest BCUT2D eigenvalue weighted by Crippen LogP contribution is 2.54. The van der Waals surface area contributed by atoms with Gasteiger partial charge in [0.15, 0.2) is 16.6 Å². The molecule has 0 aliphatic heterocycles. The van der Waals surface area contributed by atoms with Crippen LogP contribution >= 0.6 is 0 Å². The number of rotatable bonds is 8. The lowest BCUT2D eigenvalue weighted by Gasteiger charge is -2.45. The Morgan fingerprint density at radius 2 is 1.57 bits per heavy atom. The second kappa shape index (κ2) is 6.91. The SMILES string of the molecule is CC[Si](=O)C[Si](O[Si](C)(C)C)(O[Si](C)(C)C)C1CC2C=CC1C2. The fraction of sp³-hybridized carbons (Fsp3) is 0.875. The maximum absolute atomic E-state index is 12.6. The van der Waals surface area contributed by atoms with Crippen LogP contribution in [0.4, 0.5) is 0 Å². The number of fused-ring (bicyclic) bond motifs is 2. The summed E-state index contributed by atoms with van der Waals surface area (Å²) in [6, 6.07) is 0.778. The molecule has 3 unspecified atom stereocenters. The molecule has 0 spiro atoms. The van der Waals surface area contributed by atoms with Gasteiger partial charge in [0, 0.05) is 11.2 Å². The zero-order valence-corrected chi connectivity index (χ0v) is 19.9. The molecule has 0 aromatic rings.